The van der Waals surface area contributed by atoms with Crippen LogP contribution in [-0.2, 0) is 11.2 Å². The minimum atomic E-state index is -0.315. The first kappa shape index (κ1) is 15.5. The highest BCUT2D eigenvalue weighted by molar-refractivity contribution is 5.78. The SMILES string of the molecule is CCC(C#N)N1CCN(C(=O)Cc2cccc(F)c2)CC1. The van der Waals surface area contributed by atoms with E-state index in [1.54, 1.807) is 17.0 Å². The Hall–Kier alpha value is -1.93. The summed E-state index contributed by atoms with van der Waals surface area (Å²) in [7, 11) is 0. The lowest BCUT2D eigenvalue weighted by atomic mass is 10.1. The number of carbonyl (C=O) groups excluding carboxylic acids is 1. The second-order valence-electron chi connectivity index (χ2n) is 5.28. The molecule has 1 aromatic rings. The van der Waals surface area contributed by atoms with Gasteiger partial charge in [0.1, 0.15) is 5.82 Å². The minimum Gasteiger partial charge on any atom is -0.340 e. The van der Waals surface area contributed by atoms with E-state index >= 15 is 0 Å². The van der Waals surface area contributed by atoms with Crippen LogP contribution in [0.3, 0.4) is 0 Å². The van der Waals surface area contributed by atoms with Crippen molar-refractivity contribution in [2.45, 2.75) is 25.8 Å². The fourth-order valence-electron chi connectivity index (χ4n) is 2.65. The van der Waals surface area contributed by atoms with E-state index < -0.39 is 0 Å². The summed E-state index contributed by atoms with van der Waals surface area (Å²) < 4.78 is 13.1. The number of rotatable bonds is 4. The average Bonchev–Trinajstić information content (AvgIpc) is 2.49. The van der Waals surface area contributed by atoms with Crippen LogP contribution in [-0.4, -0.2) is 47.9 Å². The summed E-state index contributed by atoms with van der Waals surface area (Å²) in [6, 6.07) is 8.39. The Labute approximate surface area is 124 Å². The lowest BCUT2D eigenvalue weighted by Gasteiger charge is -2.36. The van der Waals surface area contributed by atoms with Crippen LogP contribution in [0.15, 0.2) is 24.3 Å². The van der Waals surface area contributed by atoms with Gasteiger partial charge in [0.05, 0.1) is 18.5 Å². The molecule has 0 spiro atoms. The maximum atomic E-state index is 13.1. The fraction of sp³-hybridized carbons (Fsp3) is 0.500. The zero-order chi connectivity index (χ0) is 15.2. The molecule has 1 aliphatic heterocycles. The lowest BCUT2D eigenvalue weighted by Crippen LogP contribution is -2.51. The molecule has 5 heteroatoms. The van der Waals surface area contributed by atoms with Crippen molar-refractivity contribution >= 4 is 5.91 Å². The third-order valence-electron chi connectivity index (χ3n) is 3.89. The van der Waals surface area contributed by atoms with E-state index in [9.17, 15) is 9.18 Å². The van der Waals surface area contributed by atoms with E-state index in [4.69, 9.17) is 5.26 Å². The second kappa shape index (κ2) is 7.19. The van der Waals surface area contributed by atoms with E-state index in [0.717, 1.165) is 19.5 Å². The Morgan fingerprint density at radius 1 is 1.38 bits per heavy atom. The number of halogens is 1. The van der Waals surface area contributed by atoms with Crippen molar-refractivity contribution in [1.82, 2.24) is 9.80 Å². The standard InChI is InChI=1S/C16H20FN3O/c1-2-15(12-18)19-6-8-20(9-7-19)16(21)11-13-4-3-5-14(17)10-13/h3-5,10,15H,2,6-9,11H2,1H3. The maximum absolute atomic E-state index is 13.1. The first-order chi connectivity index (χ1) is 10.1. The number of nitriles is 1. The average molecular weight is 289 g/mol. The van der Waals surface area contributed by atoms with Crippen LogP contribution in [0.4, 0.5) is 4.39 Å². The number of hydrogen-bond acceptors (Lipinski definition) is 3. The fourth-order valence-corrected chi connectivity index (χ4v) is 2.65. The van der Waals surface area contributed by atoms with E-state index in [1.807, 2.05) is 6.92 Å². The van der Waals surface area contributed by atoms with Crippen molar-refractivity contribution in [3.05, 3.63) is 35.6 Å². The predicted molar refractivity (Wildman–Crippen MR) is 77.9 cm³/mol. The van der Waals surface area contributed by atoms with Gasteiger partial charge in [0, 0.05) is 26.2 Å². The van der Waals surface area contributed by atoms with Gasteiger partial charge in [-0.15, -0.1) is 0 Å². The number of amides is 1. The zero-order valence-electron chi connectivity index (χ0n) is 12.3. The Bertz CT molecular complexity index is 533. The Morgan fingerprint density at radius 3 is 2.67 bits per heavy atom. The summed E-state index contributed by atoms with van der Waals surface area (Å²) in [5, 5.41) is 9.07. The molecule has 4 nitrogen and oxygen atoms in total. The molecular weight excluding hydrogens is 269 g/mol. The molecule has 0 aromatic heterocycles. The number of benzene rings is 1. The summed E-state index contributed by atoms with van der Waals surface area (Å²) in [5.74, 6) is -0.296. The molecule has 0 saturated carbocycles. The van der Waals surface area contributed by atoms with Gasteiger partial charge in [0.2, 0.25) is 5.91 Å². The van der Waals surface area contributed by atoms with Crippen LogP contribution in [0, 0.1) is 17.1 Å². The van der Waals surface area contributed by atoms with Crippen LogP contribution < -0.4 is 0 Å². The molecule has 0 aliphatic carbocycles. The van der Waals surface area contributed by atoms with Crippen molar-refractivity contribution < 1.29 is 9.18 Å². The molecule has 112 valence electrons. The van der Waals surface area contributed by atoms with Crippen LogP contribution in [0.2, 0.25) is 0 Å². The molecule has 1 heterocycles. The van der Waals surface area contributed by atoms with Gasteiger partial charge in [-0.3, -0.25) is 9.69 Å². The van der Waals surface area contributed by atoms with Gasteiger partial charge in [0.25, 0.3) is 0 Å². The quantitative estimate of drug-likeness (QED) is 0.849. The summed E-state index contributed by atoms with van der Waals surface area (Å²) in [5.41, 5.74) is 0.700. The van der Waals surface area contributed by atoms with E-state index in [2.05, 4.69) is 11.0 Å². The van der Waals surface area contributed by atoms with Crippen molar-refractivity contribution in [2.75, 3.05) is 26.2 Å². The van der Waals surface area contributed by atoms with Gasteiger partial charge in [-0.1, -0.05) is 19.1 Å². The maximum Gasteiger partial charge on any atom is 0.227 e. The van der Waals surface area contributed by atoms with Crippen molar-refractivity contribution in [3.63, 3.8) is 0 Å². The Balaban J connectivity index is 1.87. The molecular formula is C16H20FN3O. The molecule has 2 rings (SSSR count). The van der Waals surface area contributed by atoms with Gasteiger partial charge in [-0.2, -0.15) is 5.26 Å². The zero-order valence-corrected chi connectivity index (χ0v) is 12.3. The van der Waals surface area contributed by atoms with Crippen molar-refractivity contribution in [1.29, 1.82) is 5.26 Å². The molecule has 1 fully saturated rings. The van der Waals surface area contributed by atoms with Crippen LogP contribution >= 0.6 is 0 Å². The molecule has 1 saturated heterocycles. The molecule has 0 radical (unpaired) electrons. The predicted octanol–water partition coefficient (Wildman–Crippen LogP) is 1.81. The molecule has 0 bridgehead atoms. The normalized spacial score (nSPS) is 17.3. The van der Waals surface area contributed by atoms with Crippen LogP contribution in [0.1, 0.15) is 18.9 Å². The second-order valence-corrected chi connectivity index (χ2v) is 5.28. The Morgan fingerprint density at radius 2 is 2.10 bits per heavy atom. The smallest absolute Gasteiger partial charge is 0.227 e. The highest BCUT2D eigenvalue weighted by atomic mass is 19.1. The minimum absolute atomic E-state index is 0.0188. The first-order valence-electron chi connectivity index (χ1n) is 7.30. The molecule has 1 unspecified atom stereocenters. The van der Waals surface area contributed by atoms with Crippen LogP contribution in [0.25, 0.3) is 0 Å². The highest BCUT2D eigenvalue weighted by Crippen LogP contribution is 2.11. The van der Waals surface area contributed by atoms with Crippen molar-refractivity contribution in [2.24, 2.45) is 0 Å². The summed E-state index contributed by atoms with van der Waals surface area (Å²) >= 11 is 0. The van der Waals surface area contributed by atoms with E-state index in [1.165, 1.54) is 12.1 Å². The summed E-state index contributed by atoms with van der Waals surface area (Å²) in [6.45, 7) is 4.70. The first-order valence-corrected chi connectivity index (χ1v) is 7.30. The van der Waals surface area contributed by atoms with E-state index in [-0.39, 0.29) is 24.2 Å². The van der Waals surface area contributed by atoms with Gasteiger partial charge in [-0.25, -0.2) is 4.39 Å². The summed E-state index contributed by atoms with van der Waals surface area (Å²) in [4.78, 5) is 16.1. The van der Waals surface area contributed by atoms with Crippen molar-refractivity contribution in [3.8, 4) is 6.07 Å². The third-order valence-corrected chi connectivity index (χ3v) is 3.89. The highest BCUT2D eigenvalue weighted by Gasteiger charge is 2.25. The monoisotopic (exact) mass is 289 g/mol. The molecule has 1 atom stereocenters. The largest absolute Gasteiger partial charge is 0.340 e. The summed E-state index contributed by atoms with van der Waals surface area (Å²) in [6.07, 6.45) is 1.03. The molecule has 0 N–H and O–H groups in total. The molecule has 1 amide bonds. The number of carbonyl (C=O) groups is 1. The van der Waals surface area contributed by atoms with E-state index in [0.29, 0.717) is 18.7 Å². The number of nitrogens with zero attached hydrogens (tertiary/aromatic N) is 3. The van der Waals surface area contributed by atoms with Crippen LogP contribution in [0.5, 0.6) is 0 Å². The number of hydrogen-bond donors (Lipinski definition) is 0. The molecule has 1 aliphatic rings. The molecule has 21 heavy (non-hydrogen) atoms. The van der Waals surface area contributed by atoms with Gasteiger partial charge in [0.15, 0.2) is 0 Å². The third kappa shape index (κ3) is 4.02. The molecule has 1 aromatic carbocycles. The topological polar surface area (TPSA) is 47.3 Å². The number of piperazine rings is 1. The van der Waals surface area contributed by atoms with Gasteiger partial charge < -0.3 is 4.90 Å². The lowest BCUT2D eigenvalue weighted by molar-refractivity contribution is -0.132. The van der Waals surface area contributed by atoms with Gasteiger partial charge in [-0.05, 0) is 24.1 Å². The Kier molecular flexibility index (Phi) is 5.29. The van der Waals surface area contributed by atoms with Gasteiger partial charge >= 0.3 is 0 Å².